The Morgan fingerprint density at radius 2 is 2.17 bits per heavy atom. The number of aromatic amines is 2. The molecule has 0 unspecified atom stereocenters. The molecule has 0 radical (unpaired) electrons. The van der Waals surface area contributed by atoms with Crippen molar-refractivity contribution in [3.63, 3.8) is 0 Å². The number of rotatable bonds is 3. The highest BCUT2D eigenvalue weighted by molar-refractivity contribution is 5.55. The zero-order valence-electron chi connectivity index (χ0n) is 9.90. The summed E-state index contributed by atoms with van der Waals surface area (Å²) in [6, 6.07) is 2.08. The largest absolute Gasteiger partial charge is 0.360 e. The number of aromatic nitrogens is 5. The van der Waals surface area contributed by atoms with E-state index in [0.717, 1.165) is 5.56 Å². The Hall–Kier alpha value is -2.69. The number of aryl methyl sites for hydroxylation is 1. The summed E-state index contributed by atoms with van der Waals surface area (Å²) in [6.45, 7) is 3.85. The molecule has 2 heterocycles. The van der Waals surface area contributed by atoms with Gasteiger partial charge in [0.2, 0.25) is 0 Å². The van der Waals surface area contributed by atoms with Gasteiger partial charge in [0.15, 0.2) is 5.82 Å². The van der Waals surface area contributed by atoms with E-state index in [1.165, 1.54) is 0 Å². The van der Waals surface area contributed by atoms with Crippen molar-refractivity contribution in [1.82, 2.24) is 25.4 Å². The van der Waals surface area contributed by atoms with Crippen molar-refractivity contribution in [3.05, 3.63) is 33.1 Å². The smallest absolute Gasteiger partial charge is 0.340 e. The molecule has 8 nitrogen and oxygen atoms in total. The van der Waals surface area contributed by atoms with Gasteiger partial charge in [-0.3, -0.25) is 4.98 Å². The summed E-state index contributed by atoms with van der Waals surface area (Å²) in [5.74, 6) is 0.813. The number of nitrogens with zero attached hydrogens (tertiary/aromatic N) is 4. The van der Waals surface area contributed by atoms with Gasteiger partial charge >= 0.3 is 5.69 Å². The number of nitriles is 1. The second-order valence-corrected chi connectivity index (χ2v) is 3.72. The minimum atomic E-state index is -0.376. The van der Waals surface area contributed by atoms with Gasteiger partial charge in [-0.05, 0) is 19.4 Å². The highest BCUT2D eigenvalue weighted by Gasteiger charge is 2.10. The summed E-state index contributed by atoms with van der Waals surface area (Å²) < 4.78 is 0. The van der Waals surface area contributed by atoms with Crippen molar-refractivity contribution < 1.29 is 0 Å². The Balaban J connectivity index is 2.22. The lowest BCUT2D eigenvalue weighted by Crippen LogP contribution is -2.09. The van der Waals surface area contributed by atoms with Crippen LogP contribution in [-0.4, -0.2) is 25.4 Å². The molecular formula is C10H11N7O. The molecule has 0 fully saturated rings. The summed E-state index contributed by atoms with van der Waals surface area (Å²) in [5.41, 5.74) is 1.56. The van der Waals surface area contributed by atoms with Crippen LogP contribution in [0.15, 0.2) is 4.79 Å². The first-order valence-corrected chi connectivity index (χ1v) is 5.23. The average molecular weight is 245 g/mol. The highest BCUT2D eigenvalue weighted by atomic mass is 16.1. The standard InChI is InChI=1S/C10H11N7O/c1-5-6(2)14-16-9(7(5)3-11)12-4-8-13-10(18)17-15-8/h4H2,1-2H3,(H,12,16)(H2,13,15,17,18). The highest BCUT2D eigenvalue weighted by Crippen LogP contribution is 2.17. The first-order chi connectivity index (χ1) is 8.61. The maximum atomic E-state index is 10.8. The summed E-state index contributed by atoms with van der Waals surface area (Å²) in [4.78, 5) is 13.3. The van der Waals surface area contributed by atoms with E-state index in [1.807, 2.05) is 6.92 Å². The lowest BCUT2D eigenvalue weighted by Gasteiger charge is -2.07. The van der Waals surface area contributed by atoms with Crippen LogP contribution in [0, 0.1) is 25.2 Å². The zero-order chi connectivity index (χ0) is 13.1. The molecule has 2 aromatic heterocycles. The summed E-state index contributed by atoms with van der Waals surface area (Å²) in [5, 5.41) is 25.9. The van der Waals surface area contributed by atoms with Crippen molar-refractivity contribution in [2.75, 3.05) is 5.32 Å². The second-order valence-electron chi connectivity index (χ2n) is 3.72. The van der Waals surface area contributed by atoms with E-state index in [2.05, 4.69) is 36.8 Å². The summed E-state index contributed by atoms with van der Waals surface area (Å²) in [7, 11) is 0. The molecule has 18 heavy (non-hydrogen) atoms. The normalized spacial score (nSPS) is 10.1. The molecule has 92 valence electrons. The lowest BCUT2D eigenvalue weighted by atomic mass is 10.1. The summed E-state index contributed by atoms with van der Waals surface area (Å²) >= 11 is 0. The van der Waals surface area contributed by atoms with E-state index in [-0.39, 0.29) is 12.2 Å². The van der Waals surface area contributed by atoms with Crippen LogP contribution in [0.1, 0.15) is 22.6 Å². The lowest BCUT2D eigenvalue weighted by molar-refractivity contribution is 0.909. The molecule has 0 aromatic carbocycles. The molecule has 2 rings (SSSR count). The zero-order valence-corrected chi connectivity index (χ0v) is 9.90. The van der Waals surface area contributed by atoms with Crippen molar-refractivity contribution in [2.24, 2.45) is 0 Å². The Morgan fingerprint density at radius 1 is 1.39 bits per heavy atom. The van der Waals surface area contributed by atoms with Crippen LogP contribution in [0.5, 0.6) is 0 Å². The van der Waals surface area contributed by atoms with Gasteiger partial charge in [0.25, 0.3) is 0 Å². The molecule has 0 amide bonds. The van der Waals surface area contributed by atoms with Crippen LogP contribution in [0.4, 0.5) is 5.82 Å². The Labute approximate surface area is 102 Å². The topological polar surface area (TPSA) is 123 Å². The molecule has 2 aromatic rings. The molecule has 0 spiro atoms. The number of anilines is 1. The van der Waals surface area contributed by atoms with Gasteiger partial charge in [-0.2, -0.15) is 15.5 Å². The molecule has 8 heteroatoms. The fraction of sp³-hybridized carbons (Fsp3) is 0.300. The van der Waals surface area contributed by atoms with Crippen LogP contribution >= 0.6 is 0 Å². The van der Waals surface area contributed by atoms with E-state index in [0.29, 0.717) is 22.9 Å². The fourth-order valence-corrected chi connectivity index (χ4v) is 1.43. The molecule has 0 aliphatic carbocycles. The Bertz CT molecular complexity index is 664. The number of H-pyrrole nitrogens is 2. The van der Waals surface area contributed by atoms with Crippen molar-refractivity contribution in [1.29, 1.82) is 5.26 Å². The van der Waals surface area contributed by atoms with Crippen LogP contribution in [-0.2, 0) is 6.54 Å². The van der Waals surface area contributed by atoms with E-state index in [9.17, 15) is 4.79 Å². The number of hydrogen-bond donors (Lipinski definition) is 3. The van der Waals surface area contributed by atoms with Crippen LogP contribution in [0.2, 0.25) is 0 Å². The van der Waals surface area contributed by atoms with Gasteiger partial charge in [0, 0.05) is 0 Å². The van der Waals surface area contributed by atoms with E-state index < -0.39 is 0 Å². The molecule has 0 saturated heterocycles. The molecule has 0 bridgehead atoms. The molecule has 3 N–H and O–H groups in total. The minimum absolute atomic E-state index is 0.255. The number of hydrogen-bond acceptors (Lipinski definition) is 6. The molecule has 0 aliphatic rings. The third-order valence-corrected chi connectivity index (χ3v) is 2.54. The number of nitrogens with one attached hydrogen (secondary N) is 3. The van der Waals surface area contributed by atoms with Gasteiger partial charge in [-0.1, -0.05) is 0 Å². The monoisotopic (exact) mass is 245 g/mol. The molecule has 0 saturated carbocycles. The van der Waals surface area contributed by atoms with Gasteiger partial charge in [-0.15, -0.1) is 5.10 Å². The fourth-order valence-electron chi connectivity index (χ4n) is 1.43. The predicted molar refractivity (Wildman–Crippen MR) is 62.8 cm³/mol. The van der Waals surface area contributed by atoms with Gasteiger partial charge < -0.3 is 5.32 Å². The quantitative estimate of drug-likeness (QED) is 0.698. The van der Waals surface area contributed by atoms with Gasteiger partial charge in [0.1, 0.15) is 17.5 Å². The van der Waals surface area contributed by atoms with Crippen LogP contribution in [0.25, 0.3) is 0 Å². The third-order valence-electron chi connectivity index (χ3n) is 2.54. The van der Waals surface area contributed by atoms with Crippen molar-refractivity contribution in [3.8, 4) is 6.07 Å². The Kier molecular flexibility index (Phi) is 3.05. The van der Waals surface area contributed by atoms with Gasteiger partial charge in [0.05, 0.1) is 12.2 Å². The van der Waals surface area contributed by atoms with E-state index in [4.69, 9.17) is 5.26 Å². The SMILES string of the molecule is Cc1nnc(NCc2n[nH]c(=O)[nH]2)c(C#N)c1C. The van der Waals surface area contributed by atoms with Crippen molar-refractivity contribution >= 4 is 5.82 Å². The van der Waals surface area contributed by atoms with Crippen LogP contribution < -0.4 is 11.0 Å². The average Bonchev–Trinajstić information content (AvgIpc) is 2.77. The van der Waals surface area contributed by atoms with Gasteiger partial charge in [-0.25, -0.2) is 9.89 Å². The van der Waals surface area contributed by atoms with E-state index >= 15 is 0 Å². The Morgan fingerprint density at radius 3 is 2.78 bits per heavy atom. The first kappa shape index (κ1) is 11.8. The molecule has 0 atom stereocenters. The van der Waals surface area contributed by atoms with E-state index in [1.54, 1.807) is 6.92 Å². The molecule has 0 aliphatic heterocycles. The predicted octanol–water partition coefficient (Wildman–Crippen LogP) is -0.0114. The maximum Gasteiger partial charge on any atom is 0.340 e. The maximum absolute atomic E-state index is 10.8. The minimum Gasteiger partial charge on any atom is -0.360 e. The van der Waals surface area contributed by atoms with Crippen molar-refractivity contribution in [2.45, 2.75) is 20.4 Å². The first-order valence-electron chi connectivity index (χ1n) is 5.23. The second kappa shape index (κ2) is 4.67. The van der Waals surface area contributed by atoms with Crippen LogP contribution in [0.3, 0.4) is 0 Å². The third kappa shape index (κ3) is 2.20. The molecular weight excluding hydrogens is 234 g/mol. The summed E-state index contributed by atoms with van der Waals surface area (Å²) in [6.07, 6.45) is 0.